The van der Waals surface area contributed by atoms with Gasteiger partial charge in [0.2, 0.25) is 5.91 Å². The van der Waals surface area contributed by atoms with Crippen LogP contribution < -0.4 is 4.74 Å². The van der Waals surface area contributed by atoms with Crippen molar-refractivity contribution < 1.29 is 9.53 Å². The number of amides is 1. The number of carbonyl (C=O) groups is 1. The lowest BCUT2D eigenvalue weighted by Gasteiger charge is -2.31. The minimum Gasteiger partial charge on any atom is -0.490 e. The van der Waals surface area contributed by atoms with Gasteiger partial charge in [0.05, 0.1) is 22.6 Å². The molecule has 1 aliphatic heterocycles. The first-order chi connectivity index (χ1) is 15.2. The lowest BCUT2D eigenvalue weighted by atomic mass is 9.94. The number of fused-ring (bicyclic) bond motifs is 1. The molecule has 2 aliphatic rings. The third-order valence-corrected chi connectivity index (χ3v) is 6.94. The van der Waals surface area contributed by atoms with Crippen molar-refractivity contribution in [1.82, 2.24) is 14.5 Å². The fraction of sp³-hybridized carbons (Fsp3) is 0.440. The molecule has 162 valence electrons. The van der Waals surface area contributed by atoms with Gasteiger partial charge in [0, 0.05) is 24.9 Å². The standard InChI is InChI=1S/C25H28ClN3O2/c26-20-10-4-7-13-23(20)31-15-14-28-22-12-6-5-11-21(22)27-25(28)18-16-24(30)29(17-18)19-8-2-1-3-9-19/h4-7,10-13,18-19H,1-3,8-9,14-17H2. The number of hydrogen-bond acceptors (Lipinski definition) is 3. The van der Waals surface area contributed by atoms with E-state index in [1.54, 1.807) is 0 Å². The Labute approximate surface area is 188 Å². The molecule has 1 atom stereocenters. The van der Waals surface area contributed by atoms with Crippen molar-refractivity contribution in [2.45, 2.75) is 57.0 Å². The molecule has 0 bridgehead atoms. The number of hydrogen-bond donors (Lipinski definition) is 0. The number of rotatable bonds is 6. The van der Waals surface area contributed by atoms with Gasteiger partial charge in [0.25, 0.3) is 0 Å². The number of ether oxygens (including phenoxy) is 1. The van der Waals surface area contributed by atoms with E-state index in [9.17, 15) is 4.79 Å². The number of benzene rings is 2. The highest BCUT2D eigenvalue weighted by Gasteiger charge is 2.37. The van der Waals surface area contributed by atoms with Crippen LogP contribution in [0.3, 0.4) is 0 Å². The minimum absolute atomic E-state index is 0.127. The topological polar surface area (TPSA) is 47.4 Å². The average molecular weight is 438 g/mol. The van der Waals surface area contributed by atoms with E-state index >= 15 is 0 Å². The molecule has 5 rings (SSSR count). The van der Waals surface area contributed by atoms with E-state index in [2.05, 4.69) is 15.5 Å². The second kappa shape index (κ2) is 8.91. The van der Waals surface area contributed by atoms with E-state index in [4.69, 9.17) is 21.3 Å². The Morgan fingerprint density at radius 2 is 1.81 bits per heavy atom. The van der Waals surface area contributed by atoms with Crippen molar-refractivity contribution in [1.29, 1.82) is 0 Å². The van der Waals surface area contributed by atoms with Crippen LogP contribution in [0.2, 0.25) is 5.02 Å². The summed E-state index contributed by atoms with van der Waals surface area (Å²) >= 11 is 6.23. The lowest BCUT2D eigenvalue weighted by molar-refractivity contribution is -0.130. The van der Waals surface area contributed by atoms with E-state index in [1.807, 2.05) is 42.5 Å². The summed E-state index contributed by atoms with van der Waals surface area (Å²) in [5, 5.41) is 0.614. The number of carbonyl (C=O) groups excluding carboxylic acids is 1. The van der Waals surface area contributed by atoms with Crippen LogP contribution in [0, 0.1) is 0 Å². The summed E-state index contributed by atoms with van der Waals surface area (Å²) in [5.74, 6) is 2.09. The number of nitrogens with zero attached hydrogens (tertiary/aromatic N) is 3. The maximum absolute atomic E-state index is 12.9. The maximum atomic E-state index is 12.9. The van der Waals surface area contributed by atoms with Crippen LogP contribution in [0.25, 0.3) is 11.0 Å². The molecule has 2 fully saturated rings. The maximum Gasteiger partial charge on any atom is 0.223 e. The highest BCUT2D eigenvalue weighted by Crippen LogP contribution is 2.34. The zero-order chi connectivity index (χ0) is 21.2. The normalized spacial score (nSPS) is 20.0. The molecule has 1 amide bonds. The first-order valence-corrected chi connectivity index (χ1v) is 11.7. The molecule has 1 unspecified atom stereocenters. The van der Waals surface area contributed by atoms with Gasteiger partial charge < -0.3 is 14.2 Å². The van der Waals surface area contributed by atoms with Gasteiger partial charge in [0.15, 0.2) is 0 Å². The van der Waals surface area contributed by atoms with Gasteiger partial charge in [-0.3, -0.25) is 4.79 Å². The SMILES string of the molecule is O=C1CC(c2nc3ccccc3n2CCOc2ccccc2Cl)CN1C1CCCCC1. The zero-order valence-corrected chi connectivity index (χ0v) is 18.4. The van der Waals surface area contributed by atoms with Crippen LogP contribution in [0.15, 0.2) is 48.5 Å². The quantitative estimate of drug-likeness (QED) is 0.517. The number of imidazole rings is 1. The van der Waals surface area contributed by atoms with Crippen molar-refractivity contribution in [3.05, 3.63) is 59.4 Å². The summed E-state index contributed by atoms with van der Waals surface area (Å²) in [6, 6.07) is 16.1. The smallest absolute Gasteiger partial charge is 0.223 e. The van der Waals surface area contributed by atoms with Crippen molar-refractivity contribution in [3.8, 4) is 5.75 Å². The van der Waals surface area contributed by atoms with Gasteiger partial charge in [-0.05, 0) is 37.1 Å². The third-order valence-electron chi connectivity index (χ3n) is 6.63. The molecule has 2 aromatic carbocycles. The van der Waals surface area contributed by atoms with Crippen LogP contribution in [-0.2, 0) is 11.3 Å². The highest BCUT2D eigenvalue weighted by molar-refractivity contribution is 6.32. The monoisotopic (exact) mass is 437 g/mol. The summed E-state index contributed by atoms with van der Waals surface area (Å²) < 4.78 is 8.19. The van der Waals surface area contributed by atoms with E-state index in [-0.39, 0.29) is 11.8 Å². The Balaban J connectivity index is 1.37. The predicted octanol–water partition coefficient (Wildman–Crippen LogP) is 5.42. The fourth-order valence-electron chi connectivity index (χ4n) is 5.10. The molecular weight excluding hydrogens is 410 g/mol. The van der Waals surface area contributed by atoms with Gasteiger partial charge in [-0.1, -0.05) is 55.1 Å². The predicted molar refractivity (Wildman–Crippen MR) is 123 cm³/mol. The molecule has 0 spiro atoms. The van der Waals surface area contributed by atoms with Gasteiger partial charge in [-0.25, -0.2) is 4.98 Å². The van der Waals surface area contributed by atoms with Crippen LogP contribution in [0.5, 0.6) is 5.75 Å². The number of para-hydroxylation sites is 3. The number of halogens is 1. The molecular formula is C25H28ClN3O2. The van der Waals surface area contributed by atoms with Crippen LogP contribution in [0.1, 0.15) is 50.3 Å². The lowest BCUT2D eigenvalue weighted by Crippen LogP contribution is -2.37. The Morgan fingerprint density at radius 1 is 1.03 bits per heavy atom. The summed E-state index contributed by atoms with van der Waals surface area (Å²) in [6.45, 7) is 1.93. The molecule has 31 heavy (non-hydrogen) atoms. The molecule has 1 aliphatic carbocycles. The summed E-state index contributed by atoms with van der Waals surface area (Å²) in [4.78, 5) is 20.0. The van der Waals surface area contributed by atoms with E-state index in [0.717, 1.165) is 36.2 Å². The van der Waals surface area contributed by atoms with Gasteiger partial charge in [0.1, 0.15) is 18.2 Å². The Kier molecular flexibility index (Phi) is 5.86. The molecule has 3 aromatic rings. The number of likely N-dealkylation sites (tertiary alicyclic amines) is 1. The zero-order valence-electron chi connectivity index (χ0n) is 17.7. The first kappa shape index (κ1) is 20.4. The van der Waals surface area contributed by atoms with Crippen LogP contribution >= 0.6 is 11.6 Å². The van der Waals surface area contributed by atoms with Crippen LogP contribution in [-0.4, -0.2) is 39.6 Å². The molecule has 1 saturated carbocycles. The molecule has 1 aromatic heterocycles. The number of aromatic nitrogens is 2. The average Bonchev–Trinajstić information content (AvgIpc) is 3.36. The largest absolute Gasteiger partial charge is 0.490 e. The Hall–Kier alpha value is -2.53. The Morgan fingerprint density at radius 3 is 2.65 bits per heavy atom. The molecule has 5 nitrogen and oxygen atoms in total. The van der Waals surface area contributed by atoms with E-state index in [1.165, 1.54) is 19.3 Å². The third kappa shape index (κ3) is 4.16. The molecule has 6 heteroatoms. The second-order valence-corrected chi connectivity index (χ2v) is 9.04. The van der Waals surface area contributed by atoms with Crippen molar-refractivity contribution >= 4 is 28.5 Å². The van der Waals surface area contributed by atoms with Crippen LogP contribution in [0.4, 0.5) is 0 Å². The van der Waals surface area contributed by atoms with Gasteiger partial charge in [-0.15, -0.1) is 0 Å². The molecule has 0 radical (unpaired) electrons. The highest BCUT2D eigenvalue weighted by atomic mass is 35.5. The van der Waals surface area contributed by atoms with E-state index < -0.39 is 0 Å². The fourth-order valence-corrected chi connectivity index (χ4v) is 5.29. The second-order valence-electron chi connectivity index (χ2n) is 8.63. The van der Waals surface area contributed by atoms with Gasteiger partial charge >= 0.3 is 0 Å². The summed E-state index contributed by atoms with van der Waals surface area (Å²) in [7, 11) is 0. The van der Waals surface area contributed by atoms with Crippen molar-refractivity contribution in [2.75, 3.05) is 13.2 Å². The van der Waals surface area contributed by atoms with Gasteiger partial charge in [-0.2, -0.15) is 0 Å². The molecule has 0 N–H and O–H groups in total. The Bertz CT molecular complexity index is 1070. The first-order valence-electron chi connectivity index (χ1n) is 11.3. The van der Waals surface area contributed by atoms with Crippen molar-refractivity contribution in [2.24, 2.45) is 0 Å². The minimum atomic E-state index is 0.127. The summed E-state index contributed by atoms with van der Waals surface area (Å²) in [5.41, 5.74) is 2.06. The molecule has 2 heterocycles. The summed E-state index contributed by atoms with van der Waals surface area (Å²) in [6.07, 6.45) is 6.59. The molecule has 1 saturated heterocycles. The van der Waals surface area contributed by atoms with E-state index in [0.29, 0.717) is 36.4 Å². The van der Waals surface area contributed by atoms with Crippen molar-refractivity contribution in [3.63, 3.8) is 0 Å².